The molecule has 1 aromatic carbocycles. The van der Waals surface area contributed by atoms with Gasteiger partial charge in [-0.05, 0) is 54.2 Å². The van der Waals surface area contributed by atoms with Crippen molar-refractivity contribution in [2.24, 2.45) is 5.92 Å². The zero-order valence-electron chi connectivity index (χ0n) is 15.4. The topological polar surface area (TPSA) is 102 Å². The van der Waals surface area contributed by atoms with Crippen LogP contribution in [0.25, 0.3) is 11.4 Å². The van der Waals surface area contributed by atoms with Gasteiger partial charge in [0.25, 0.3) is 0 Å². The fraction of sp³-hybridized carbons (Fsp3) is 0.526. The van der Waals surface area contributed by atoms with E-state index >= 15 is 0 Å². The lowest BCUT2D eigenvalue weighted by Crippen LogP contribution is -2.47. The third-order valence-corrected chi connectivity index (χ3v) is 5.29. The number of rotatable bonds is 6. The maximum Gasteiger partial charge on any atom is 0.247 e. The molecule has 0 aliphatic heterocycles. The highest BCUT2D eigenvalue weighted by Crippen LogP contribution is 2.37. The maximum atomic E-state index is 12.8. The molecule has 1 atom stereocenters. The molecule has 2 N–H and O–H groups in total. The summed E-state index contributed by atoms with van der Waals surface area (Å²) in [5.74, 6) is 0.553. The molecular formula is C19H24N6O2. The number of nitrogens with one attached hydrogen (secondary N) is 2. The zero-order chi connectivity index (χ0) is 18.8. The Hall–Kier alpha value is -2.77. The molecule has 2 saturated carbocycles. The molecule has 0 saturated heterocycles. The van der Waals surface area contributed by atoms with Crippen LogP contribution in [0, 0.1) is 5.92 Å². The number of hydrogen-bond donors (Lipinski definition) is 2. The van der Waals surface area contributed by atoms with Crippen molar-refractivity contribution in [2.75, 3.05) is 5.32 Å². The molecule has 142 valence electrons. The summed E-state index contributed by atoms with van der Waals surface area (Å²) in [5.41, 5.74) is 1.54. The highest BCUT2D eigenvalue weighted by atomic mass is 16.2. The fourth-order valence-corrected chi connectivity index (χ4v) is 3.81. The first-order valence-electron chi connectivity index (χ1n) is 9.58. The van der Waals surface area contributed by atoms with Crippen LogP contribution in [-0.4, -0.2) is 38.1 Å². The average Bonchev–Trinajstić information content (AvgIpc) is 3.15. The van der Waals surface area contributed by atoms with E-state index in [4.69, 9.17) is 0 Å². The highest BCUT2D eigenvalue weighted by molar-refractivity contribution is 5.97. The molecule has 8 nitrogen and oxygen atoms in total. The summed E-state index contributed by atoms with van der Waals surface area (Å²) in [5, 5.41) is 17.8. The number of tetrazole rings is 1. The van der Waals surface area contributed by atoms with E-state index in [1.54, 1.807) is 0 Å². The molecule has 4 rings (SSSR count). The van der Waals surface area contributed by atoms with Gasteiger partial charge in [0, 0.05) is 18.2 Å². The summed E-state index contributed by atoms with van der Waals surface area (Å²) >= 11 is 0. The van der Waals surface area contributed by atoms with Gasteiger partial charge in [-0.25, -0.2) is 4.68 Å². The van der Waals surface area contributed by atoms with E-state index in [1.807, 2.05) is 28.9 Å². The lowest BCUT2D eigenvalue weighted by molar-refractivity contribution is -0.126. The molecule has 1 aromatic heterocycles. The van der Waals surface area contributed by atoms with Crippen molar-refractivity contribution in [3.05, 3.63) is 24.3 Å². The zero-order valence-corrected chi connectivity index (χ0v) is 15.4. The Morgan fingerprint density at radius 2 is 1.96 bits per heavy atom. The van der Waals surface area contributed by atoms with Gasteiger partial charge in [-0.3, -0.25) is 9.59 Å². The Kier molecular flexibility index (Phi) is 4.87. The minimum Gasteiger partial charge on any atom is -0.344 e. The number of anilines is 1. The highest BCUT2D eigenvalue weighted by Gasteiger charge is 2.31. The first-order chi connectivity index (χ1) is 13.1. The smallest absolute Gasteiger partial charge is 0.247 e. The second-order valence-corrected chi connectivity index (χ2v) is 7.47. The van der Waals surface area contributed by atoms with Crippen molar-refractivity contribution in [1.29, 1.82) is 0 Å². The molecule has 2 aliphatic carbocycles. The van der Waals surface area contributed by atoms with Crippen molar-refractivity contribution >= 4 is 17.5 Å². The Morgan fingerprint density at radius 3 is 2.67 bits per heavy atom. The lowest BCUT2D eigenvalue weighted by Gasteiger charge is -2.23. The molecule has 0 bridgehead atoms. The molecule has 2 aliphatic rings. The second-order valence-electron chi connectivity index (χ2n) is 7.47. The predicted octanol–water partition coefficient (Wildman–Crippen LogP) is 2.31. The van der Waals surface area contributed by atoms with Crippen LogP contribution >= 0.6 is 0 Å². The van der Waals surface area contributed by atoms with E-state index in [0.717, 1.165) is 44.1 Å². The first kappa shape index (κ1) is 17.6. The maximum absolute atomic E-state index is 12.8. The molecule has 2 amide bonds. The number of benzene rings is 1. The second kappa shape index (κ2) is 7.46. The van der Waals surface area contributed by atoms with Crippen molar-refractivity contribution in [3.63, 3.8) is 0 Å². The van der Waals surface area contributed by atoms with Gasteiger partial charge in [0.15, 0.2) is 5.82 Å². The minimum absolute atomic E-state index is 0.170. The van der Waals surface area contributed by atoms with Gasteiger partial charge in [-0.15, -0.1) is 5.10 Å². The van der Waals surface area contributed by atoms with Crippen molar-refractivity contribution in [1.82, 2.24) is 25.5 Å². The molecular weight excluding hydrogens is 344 g/mol. The summed E-state index contributed by atoms with van der Waals surface area (Å²) < 4.78 is 1.85. The lowest BCUT2D eigenvalue weighted by atomic mass is 9.97. The minimum atomic E-state index is -0.495. The van der Waals surface area contributed by atoms with Crippen LogP contribution in [0.15, 0.2) is 24.3 Å². The number of hydrogen-bond acceptors (Lipinski definition) is 5. The van der Waals surface area contributed by atoms with Crippen molar-refractivity contribution < 1.29 is 9.59 Å². The molecule has 2 aromatic rings. The summed E-state index contributed by atoms with van der Waals surface area (Å²) in [6.45, 7) is 1.45. The Bertz CT molecular complexity index is 838. The number of amides is 2. The predicted molar refractivity (Wildman–Crippen MR) is 99.7 cm³/mol. The third-order valence-electron chi connectivity index (χ3n) is 5.29. The van der Waals surface area contributed by atoms with Crippen LogP contribution in [-0.2, 0) is 9.59 Å². The summed E-state index contributed by atoms with van der Waals surface area (Å²) in [4.78, 5) is 24.4. The summed E-state index contributed by atoms with van der Waals surface area (Å²) in [6, 6.07) is 7.40. The van der Waals surface area contributed by atoms with Crippen molar-refractivity contribution in [2.45, 2.75) is 57.5 Å². The van der Waals surface area contributed by atoms with E-state index in [-0.39, 0.29) is 17.7 Å². The number of carbonyl (C=O) groups is 2. The molecule has 2 fully saturated rings. The van der Waals surface area contributed by atoms with Gasteiger partial charge in [0.05, 0.1) is 6.04 Å². The molecule has 1 unspecified atom stereocenters. The third kappa shape index (κ3) is 3.99. The quantitative estimate of drug-likeness (QED) is 0.815. The summed E-state index contributed by atoms with van der Waals surface area (Å²) in [7, 11) is 0. The molecule has 0 spiro atoms. The van der Waals surface area contributed by atoms with E-state index in [9.17, 15) is 9.59 Å². The van der Waals surface area contributed by atoms with Gasteiger partial charge in [0.2, 0.25) is 11.8 Å². The SMILES string of the molecule is CC(=O)NC(C(=O)Nc1cccc(-c2nnnn2C2CC2)c1)C1CCCC1. The molecule has 8 heteroatoms. The Labute approximate surface area is 157 Å². The van der Waals surface area contributed by atoms with Crippen molar-refractivity contribution in [3.8, 4) is 11.4 Å². The van der Waals surface area contributed by atoms with Gasteiger partial charge in [-0.1, -0.05) is 25.0 Å². The van der Waals surface area contributed by atoms with Gasteiger partial charge < -0.3 is 10.6 Å². The number of nitrogens with zero attached hydrogens (tertiary/aromatic N) is 4. The largest absolute Gasteiger partial charge is 0.344 e. The molecule has 1 heterocycles. The fourth-order valence-electron chi connectivity index (χ4n) is 3.81. The summed E-state index contributed by atoms with van der Waals surface area (Å²) in [6.07, 6.45) is 6.33. The number of aromatic nitrogens is 4. The van der Waals surface area contributed by atoms with E-state index in [0.29, 0.717) is 17.6 Å². The number of carbonyl (C=O) groups excluding carboxylic acids is 2. The van der Waals surface area contributed by atoms with Crippen LogP contribution in [0.1, 0.15) is 51.5 Å². The van der Waals surface area contributed by atoms with Crippen LogP contribution in [0.4, 0.5) is 5.69 Å². The monoisotopic (exact) mass is 368 g/mol. The Morgan fingerprint density at radius 1 is 1.19 bits per heavy atom. The van der Waals surface area contributed by atoms with Crippen LogP contribution < -0.4 is 10.6 Å². The van der Waals surface area contributed by atoms with Crippen LogP contribution in [0.3, 0.4) is 0 Å². The van der Waals surface area contributed by atoms with E-state index in [1.165, 1.54) is 6.92 Å². The first-order valence-corrected chi connectivity index (χ1v) is 9.58. The standard InChI is InChI=1S/C19H24N6O2/c1-12(26)20-17(13-5-2-3-6-13)19(27)21-15-8-4-7-14(11-15)18-22-23-24-25(18)16-9-10-16/h4,7-8,11,13,16-17H,2-3,5-6,9-10H2,1H3,(H,20,26)(H,21,27). The van der Waals surface area contributed by atoms with E-state index < -0.39 is 6.04 Å². The normalized spacial score (nSPS) is 18.3. The molecule has 0 radical (unpaired) electrons. The van der Waals surface area contributed by atoms with Crippen LogP contribution in [0.2, 0.25) is 0 Å². The van der Waals surface area contributed by atoms with Gasteiger partial charge in [-0.2, -0.15) is 0 Å². The van der Waals surface area contributed by atoms with E-state index in [2.05, 4.69) is 26.2 Å². The molecule has 27 heavy (non-hydrogen) atoms. The average molecular weight is 368 g/mol. The van der Waals surface area contributed by atoms with Crippen LogP contribution in [0.5, 0.6) is 0 Å². The Balaban J connectivity index is 1.52. The van der Waals surface area contributed by atoms with Gasteiger partial charge >= 0.3 is 0 Å². The van der Waals surface area contributed by atoms with Gasteiger partial charge in [0.1, 0.15) is 6.04 Å².